The van der Waals surface area contributed by atoms with Crippen LogP contribution in [-0.4, -0.2) is 20.1 Å². The minimum absolute atomic E-state index is 0.130. The van der Waals surface area contributed by atoms with Gasteiger partial charge < -0.3 is 19.5 Å². The molecule has 0 unspecified atom stereocenters. The maximum Gasteiger partial charge on any atom is 0.255 e. The number of halogens is 2. The first-order valence-electron chi connectivity index (χ1n) is 8.71. The Kier molecular flexibility index (Phi) is 6.29. The highest BCUT2D eigenvalue weighted by atomic mass is 19.1. The fourth-order valence-electron chi connectivity index (χ4n) is 2.67. The smallest absolute Gasteiger partial charge is 0.255 e. The van der Waals surface area contributed by atoms with E-state index in [9.17, 15) is 13.6 Å². The summed E-state index contributed by atoms with van der Waals surface area (Å²) < 4.78 is 43.7. The number of carbonyl (C=O) groups is 1. The molecule has 0 saturated heterocycles. The standard InChI is InChI=1S/C22H19F2NO4/c1-27-16-7-9-17(10-8-16)29-13-15-12-14(6-11-20(15)28-2)22(26)25-21-18(23)4-3-5-19(21)24/h3-12H,13H2,1-2H3,(H,25,26). The van der Waals surface area contributed by atoms with Crippen molar-refractivity contribution in [3.63, 3.8) is 0 Å². The topological polar surface area (TPSA) is 56.8 Å². The molecule has 0 spiro atoms. The second-order valence-electron chi connectivity index (χ2n) is 6.04. The highest BCUT2D eigenvalue weighted by Gasteiger charge is 2.15. The maximum atomic E-state index is 13.8. The van der Waals surface area contributed by atoms with Crippen LogP contribution in [-0.2, 0) is 6.61 Å². The Hall–Kier alpha value is -3.61. The van der Waals surface area contributed by atoms with Crippen molar-refractivity contribution in [2.45, 2.75) is 6.61 Å². The SMILES string of the molecule is COc1ccc(OCc2cc(C(=O)Nc3c(F)cccc3F)ccc2OC)cc1. The van der Waals surface area contributed by atoms with Crippen LogP contribution in [0.2, 0.25) is 0 Å². The molecule has 1 N–H and O–H groups in total. The van der Waals surface area contributed by atoms with Gasteiger partial charge in [-0.15, -0.1) is 0 Å². The number of carbonyl (C=O) groups excluding carboxylic acids is 1. The summed E-state index contributed by atoms with van der Waals surface area (Å²) >= 11 is 0. The summed E-state index contributed by atoms with van der Waals surface area (Å²) in [7, 11) is 3.07. The number of nitrogens with one attached hydrogen (secondary N) is 1. The molecule has 1 amide bonds. The summed E-state index contributed by atoms with van der Waals surface area (Å²) in [5.74, 6) is -0.524. The highest BCUT2D eigenvalue weighted by Crippen LogP contribution is 2.25. The van der Waals surface area contributed by atoms with Crippen molar-refractivity contribution in [3.05, 3.63) is 83.4 Å². The molecule has 0 fully saturated rings. The summed E-state index contributed by atoms with van der Waals surface area (Å²) in [4.78, 5) is 12.5. The maximum absolute atomic E-state index is 13.8. The van der Waals surface area contributed by atoms with Crippen molar-refractivity contribution >= 4 is 11.6 Å². The lowest BCUT2D eigenvalue weighted by Gasteiger charge is -2.13. The number of hydrogen-bond acceptors (Lipinski definition) is 4. The molecule has 150 valence electrons. The second kappa shape index (κ2) is 9.05. The van der Waals surface area contributed by atoms with Crippen LogP contribution in [0.25, 0.3) is 0 Å². The van der Waals surface area contributed by atoms with Crippen molar-refractivity contribution in [1.29, 1.82) is 0 Å². The van der Waals surface area contributed by atoms with E-state index in [1.165, 1.54) is 19.2 Å². The molecule has 0 atom stereocenters. The van der Waals surface area contributed by atoms with E-state index in [0.717, 1.165) is 12.1 Å². The Morgan fingerprint density at radius 3 is 2.17 bits per heavy atom. The lowest BCUT2D eigenvalue weighted by molar-refractivity contribution is 0.102. The fraction of sp³-hybridized carbons (Fsp3) is 0.136. The number of ether oxygens (including phenoxy) is 3. The van der Waals surface area contributed by atoms with Crippen molar-refractivity contribution in [1.82, 2.24) is 0 Å². The third-order valence-corrected chi connectivity index (χ3v) is 4.20. The highest BCUT2D eigenvalue weighted by molar-refractivity contribution is 6.04. The molecule has 3 aromatic rings. The van der Waals surface area contributed by atoms with Crippen molar-refractivity contribution < 1.29 is 27.8 Å². The average Bonchev–Trinajstić information content (AvgIpc) is 2.75. The van der Waals surface area contributed by atoms with Crippen LogP contribution < -0.4 is 19.5 Å². The van der Waals surface area contributed by atoms with Gasteiger partial charge in [-0.2, -0.15) is 0 Å². The van der Waals surface area contributed by atoms with E-state index in [1.807, 2.05) is 0 Å². The van der Waals surface area contributed by atoms with Crippen molar-refractivity contribution in [3.8, 4) is 17.2 Å². The fourth-order valence-corrected chi connectivity index (χ4v) is 2.67. The molecule has 0 aliphatic carbocycles. The van der Waals surface area contributed by atoms with E-state index < -0.39 is 23.2 Å². The van der Waals surface area contributed by atoms with Crippen LogP contribution in [0.5, 0.6) is 17.2 Å². The number of para-hydroxylation sites is 1. The van der Waals surface area contributed by atoms with Gasteiger partial charge in [-0.05, 0) is 54.6 Å². The lowest BCUT2D eigenvalue weighted by atomic mass is 10.1. The molecule has 0 radical (unpaired) electrons. The van der Waals surface area contributed by atoms with Gasteiger partial charge in [0.25, 0.3) is 5.91 Å². The van der Waals surface area contributed by atoms with Gasteiger partial charge in [0, 0.05) is 11.1 Å². The first-order valence-corrected chi connectivity index (χ1v) is 8.71. The largest absolute Gasteiger partial charge is 0.497 e. The Morgan fingerprint density at radius 2 is 1.55 bits per heavy atom. The molecule has 0 aliphatic heterocycles. The zero-order chi connectivity index (χ0) is 20.8. The second-order valence-corrected chi connectivity index (χ2v) is 6.04. The first-order chi connectivity index (χ1) is 14.0. The zero-order valence-electron chi connectivity index (χ0n) is 15.9. The Bertz CT molecular complexity index is 986. The van der Waals surface area contributed by atoms with Crippen LogP contribution >= 0.6 is 0 Å². The van der Waals surface area contributed by atoms with Gasteiger partial charge in [0.1, 0.15) is 41.2 Å². The zero-order valence-corrected chi connectivity index (χ0v) is 15.9. The van der Waals surface area contributed by atoms with E-state index >= 15 is 0 Å². The number of benzene rings is 3. The normalized spacial score (nSPS) is 10.3. The molecule has 5 nitrogen and oxygen atoms in total. The van der Waals surface area contributed by atoms with Gasteiger partial charge in [-0.1, -0.05) is 6.07 Å². The van der Waals surface area contributed by atoms with Crippen LogP contribution in [0, 0.1) is 11.6 Å². The van der Waals surface area contributed by atoms with Gasteiger partial charge in [-0.25, -0.2) is 8.78 Å². The van der Waals surface area contributed by atoms with Gasteiger partial charge >= 0.3 is 0 Å². The summed E-state index contributed by atoms with van der Waals surface area (Å²) in [6, 6.07) is 15.0. The molecule has 7 heteroatoms. The van der Waals surface area contributed by atoms with E-state index in [0.29, 0.717) is 22.8 Å². The number of rotatable bonds is 7. The van der Waals surface area contributed by atoms with Gasteiger partial charge in [0.15, 0.2) is 0 Å². The van der Waals surface area contributed by atoms with E-state index in [2.05, 4.69) is 5.32 Å². The summed E-state index contributed by atoms with van der Waals surface area (Å²) in [6.07, 6.45) is 0. The average molecular weight is 399 g/mol. The van der Waals surface area contributed by atoms with E-state index in [1.54, 1.807) is 43.5 Å². The molecule has 0 bridgehead atoms. The molecular weight excluding hydrogens is 380 g/mol. The Morgan fingerprint density at radius 1 is 0.897 bits per heavy atom. The molecular formula is C22H19F2NO4. The first kappa shape index (κ1) is 20.1. The van der Waals surface area contributed by atoms with Crippen LogP contribution in [0.15, 0.2) is 60.7 Å². The Balaban J connectivity index is 1.77. The minimum Gasteiger partial charge on any atom is -0.497 e. The third kappa shape index (κ3) is 4.82. The molecule has 3 rings (SSSR count). The van der Waals surface area contributed by atoms with Gasteiger partial charge in [0.2, 0.25) is 0 Å². The quantitative estimate of drug-likeness (QED) is 0.619. The predicted octanol–water partition coefficient (Wildman–Crippen LogP) is 4.81. The predicted molar refractivity (Wildman–Crippen MR) is 105 cm³/mol. The molecule has 0 aliphatic rings. The number of methoxy groups -OCH3 is 2. The monoisotopic (exact) mass is 399 g/mol. The Labute approximate surface area is 166 Å². The van der Waals surface area contributed by atoms with Gasteiger partial charge in [0.05, 0.1) is 14.2 Å². The number of anilines is 1. The summed E-state index contributed by atoms with van der Waals surface area (Å²) in [5, 5.41) is 2.26. The molecule has 3 aromatic carbocycles. The lowest BCUT2D eigenvalue weighted by Crippen LogP contribution is -2.15. The van der Waals surface area contributed by atoms with E-state index in [-0.39, 0.29) is 12.2 Å². The third-order valence-electron chi connectivity index (χ3n) is 4.20. The molecule has 0 aromatic heterocycles. The number of amides is 1. The van der Waals surface area contributed by atoms with Crippen molar-refractivity contribution in [2.24, 2.45) is 0 Å². The number of hydrogen-bond donors (Lipinski definition) is 1. The van der Waals surface area contributed by atoms with Crippen LogP contribution in [0.1, 0.15) is 15.9 Å². The summed E-state index contributed by atoms with van der Waals surface area (Å²) in [6.45, 7) is 0.130. The van der Waals surface area contributed by atoms with Crippen LogP contribution in [0.4, 0.5) is 14.5 Å². The summed E-state index contributed by atoms with van der Waals surface area (Å²) in [5.41, 5.74) is 0.316. The molecule has 29 heavy (non-hydrogen) atoms. The molecule has 0 saturated carbocycles. The van der Waals surface area contributed by atoms with Crippen molar-refractivity contribution in [2.75, 3.05) is 19.5 Å². The van der Waals surface area contributed by atoms with E-state index in [4.69, 9.17) is 14.2 Å². The molecule has 0 heterocycles. The van der Waals surface area contributed by atoms with Crippen LogP contribution in [0.3, 0.4) is 0 Å². The van der Waals surface area contributed by atoms with Gasteiger partial charge in [-0.3, -0.25) is 4.79 Å². The minimum atomic E-state index is -0.852.